The van der Waals surface area contributed by atoms with Gasteiger partial charge in [0.1, 0.15) is 6.04 Å². The van der Waals surface area contributed by atoms with Crippen molar-refractivity contribution in [3.05, 3.63) is 36.0 Å². The van der Waals surface area contributed by atoms with Gasteiger partial charge < -0.3 is 15.0 Å². The van der Waals surface area contributed by atoms with E-state index < -0.39 is 12.0 Å². The number of carbonyl (C=O) groups excluding carboxylic acids is 1. The van der Waals surface area contributed by atoms with Crippen LogP contribution in [0.4, 0.5) is 0 Å². The van der Waals surface area contributed by atoms with Gasteiger partial charge in [-0.05, 0) is 24.5 Å². The number of nitrogens with one attached hydrogen (secondary N) is 1. The highest BCUT2D eigenvalue weighted by molar-refractivity contribution is 5.86. The summed E-state index contributed by atoms with van der Waals surface area (Å²) in [5.41, 5.74) is 2.23. The standard InChI is InChI=1S/C16H20N2O3/c1-3-13(16(20)21)17-15(19)9-8-11-10-18(2)14-7-5-4-6-12(11)14/h4-7,10,13H,3,8-9H2,1-2H3,(H,17,19)(H,20,21). The highest BCUT2D eigenvalue weighted by Crippen LogP contribution is 2.21. The van der Waals surface area contributed by atoms with E-state index >= 15 is 0 Å². The molecule has 0 aliphatic rings. The minimum Gasteiger partial charge on any atom is -0.480 e. The Bertz CT molecular complexity index is 661. The molecule has 2 N–H and O–H groups in total. The van der Waals surface area contributed by atoms with Gasteiger partial charge in [0.05, 0.1) is 0 Å². The number of aryl methyl sites for hydroxylation is 2. The van der Waals surface area contributed by atoms with Gasteiger partial charge in [0.25, 0.3) is 0 Å². The minimum atomic E-state index is -0.990. The molecular weight excluding hydrogens is 268 g/mol. The highest BCUT2D eigenvalue weighted by Gasteiger charge is 2.17. The van der Waals surface area contributed by atoms with Crippen LogP contribution in [0.3, 0.4) is 0 Å². The van der Waals surface area contributed by atoms with E-state index in [-0.39, 0.29) is 12.3 Å². The summed E-state index contributed by atoms with van der Waals surface area (Å²) in [5.74, 6) is -1.21. The molecule has 1 aromatic carbocycles. The number of para-hydroxylation sites is 1. The Morgan fingerprint density at radius 2 is 2.05 bits per heavy atom. The van der Waals surface area contributed by atoms with Crippen molar-refractivity contribution in [1.29, 1.82) is 0 Å². The van der Waals surface area contributed by atoms with Crippen LogP contribution >= 0.6 is 0 Å². The number of amides is 1. The summed E-state index contributed by atoms with van der Waals surface area (Å²) in [6, 6.07) is 7.23. The first kappa shape index (κ1) is 15.1. The molecule has 0 aliphatic heterocycles. The molecule has 0 saturated heterocycles. The number of carboxylic acids is 1. The SMILES string of the molecule is CCC(NC(=O)CCc1cn(C)c2ccccc12)C(=O)O. The molecule has 1 aromatic heterocycles. The second-order valence-electron chi connectivity index (χ2n) is 5.15. The summed E-state index contributed by atoms with van der Waals surface area (Å²) in [5, 5.41) is 12.6. The van der Waals surface area contributed by atoms with E-state index in [2.05, 4.69) is 5.32 Å². The summed E-state index contributed by atoms with van der Waals surface area (Å²) >= 11 is 0. The summed E-state index contributed by atoms with van der Waals surface area (Å²) in [6.07, 6.45) is 3.29. The van der Waals surface area contributed by atoms with Crippen molar-refractivity contribution in [2.75, 3.05) is 0 Å². The zero-order valence-corrected chi connectivity index (χ0v) is 12.3. The van der Waals surface area contributed by atoms with E-state index in [1.54, 1.807) is 6.92 Å². The van der Waals surface area contributed by atoms with Crippen molar-refractivity contribution in [1.82, 2.24) is 9.88 Å². The number of carboxylic acid groups (broad SMARTS) is 1. The predicted octanol–water partition coefficient (Wildman–Crippen LogP) is 2.09. The Labute approximate surface area is 123 Å². The number of hydrogen-bond donors (Lipinski definition) is 2. The van der Waals surface area contributed by atoms with Crippen LogP contribution < -0.4 is 5.32 Å². The predicted molar refractivity (Wildman–Crippen MR) is 81.1 cm³/mol. The van der Waals surface area contributed by atoms with Crippen molar-refractivity contribution < 1.29 is 14.7 Å². The van der Waals surface area contributed by atoms with E-state index in [1.165, 1.54) is 0 Å². The largest absolute Gasteiger partial charge is 0.480 e. The van der Waals surface area contributed by atoms with Crippen LogP contribution in [0.25, 0.3) is 10.9 Å². The van der Waals surface area contributed by atoms with E-state index in [4.69, 9.17) is 5.11 Å². The number of aliphatic carboxylic acids is 1. The van der Waals surface area contributed by atoms with E-state index in [0.29, 0.717) is 12.8 Å². The Balaban J connectivity index is 2.02. The molecule has 1 amide bonds. The average molecular weight is 288 g/mol. The van der Waals surface area contributed by atoms with Crippen LogP contribution in [0.2, 0.25) is 0 Å². The third kappa shape index (κ3) is 3.42. The van der Waals surface area contributed by atoms with Crippen molar-refractivity contribution in [2.24, 2.45) is 7.05 Å². The smallest absolute Gasteiger partial charge is 0.326 e. The Morgan fingerprint density at radius 3 is 2.71 bits per heavy atom. The fourth-order valence-electron chi connectivity index (χ4n) is 2.48. The summed E-state index contributed by atoms with van der Waals surface area (Å²) in [4.78, 5) is 22.8. The monoisotopic (exact) mass is 288 g/mol. The van der Waals surface area contributed by atoms with Gasteiger partial charge in [-0.2, -0.15) is 0 Å². The van der Waals surface area contributed by atoms with Crippen LogP contribution in [0.5, 0.6) is 0 Å². The van der Waals surface area contributed by atoms with Crippen LogP contribution in [-0.4, -0.2) is 27.6 Å². The zero-order valence-electron chi connectivity index (χ0n) is 12.3. The van der Waals surface area contributed by atoms with Gasteiger partial charge in [-0.25, -0.2) is 4.79 Å². The van der Waals surface area contributed by atoms with Crippen molar-refractivity contribution >= 4 is 22.8 Å². The Morgan fingerprint density at radius 1 is 1.33 bits per heavy atom. The van der Waals surface area contributed by atoms with Crippen molar-refractivity contribution in [3.63, 3.8) is 0 Å². The molecule has 112 valence electrons. The Hall–Kier alpha value is -2.30. The maximum absolute atomic E-state index is 11.9. The third-order valence-electron chi connectivity index (χ3n) is 3.64. The fourth-order valence-corrected chi connectivity index (χ4v) is 2.48. The maximum atomic E-state index is 11.9. The number of hydrogen-bond acceptors (Lipinski definition) is 2. The molecule has 1 unspecified atom stereocenters. The fraction of sp³-hybridized carbons (Fsp3) is 0.375. The molecule has 21 heavy (non-hydrogen) atoms. The van der Waals surface area contributed by atoms with Crippen LogP contribution in [0.1, 0.15) is 25.3 Å². The van der Waals surface area contributed by atoms with Gasteiger partial charge in [0.2, 0.25) is 5.91 Å². The normalized spacial score (nSPS) is 12.3. The van der Waals surface area contributed by atoms with E-state index in [0.717, 1.165) is 16.5 Å². The van der Waals surface area contributed by atoms with Crippen LogP contribution in [0, 0.1) is 0 Å². The van der Waals surface area contributed by atoms with Gasteiger partial charge >= 0.3 is 5.97 Å². The number of nitrogens with zero attached hydrogens (tertiary/aromatic N) is 1. The van der Waals surface area contributed by atoms with Crippen LogP contribution in [0.15, 0.2) is 30.5 Å². The first-order valence-electron chi connectivity index (χ1n) is 7.08. The molecule has 0 aliphatic carbocycles. The van der Waals surface area contributed by atoms with Gasteiger partial charge in [-0.1, -0.05) is 25.1 Å². The molecule has 0 radical (unpaired) electrons. The third-order valence-corrected chi connectivity index (χ3v) is 3.64. The molecule has 2 aromatic rings. The lowest BCUT2D eigenvalue weighted by atomic mass is 10.1. The number of fused-ring (bicyclic) bond motifs is 1. The Kier molecular flexibility index (Phi) is 4.62. The van der Waals surface area contributed by atoms with Gasteiger partial charge in [0, 0.05) is 30.6 Å². The van der Waals surface area contributed by atoms with Gasteiger partial charge in [-0.3, -0.25) is 4.79 Å². The van der Waals surface area contributed by atoms with Gasteiger partial charge in [-0.15, -0.1) is 0 Å². The van der Waals surface area contributed by atoms with Crippen molar-refractivity contribution in [2.45, 2.75) is 32.2 Å². The second-order valence-corrected chi connectivity index (χ2v) is 5.15. The lowest BCUT2D eigenvalue weighted by Gasteiger charge is -2.11. The molecule has 0 bridgehead atoms. The number of aromatic nitrogens is 1. The molecule has 0 spiro atoms. The molecular formula is C16H20N2O3. The van der Waals surface area contributed by atoms with Gasteiger partial charge in [0.15, 0.2) is 0 Å². The summed E-state index contributed by atoms with van der Waals surface area (Å²) in [6.45, 7) is 1.74. The van der Waals surface area contributed by atoms with Crippen molar-refractivity contribution in [3.8, 4) is 0 Å². The lowest BCUT2D eigenvalue weighted by molar-refractivity contribution is -0.141. The first-order valence-corrected chi connectivity index (χ1v) is 7.08. The molecule has 0 saturated carbocycles. The van der Waals surface area contributed by atoms with E-state index in [9.17, 15) is 9.59 Å². The first-order chi connectivity index (χ1) is 10.0. The number of benzene rings is 1. The van der Waals surface area contributed by atoms with Crippen LogP contribution in [-0.2, 0) is 23.1 Å². The molecule has 1 atom stereocenters. The average Bonchev–Trinajstić information content (AvgIpc) is 2.79. The molecule has 5 heteroatoms. The van der Waals surface area contributed by atoms with E-state index in [1.807, 2.05) is 42.1 Å². The topological polar surface area (TPSA) is 71.3 Å². The summed E-state index contributed by atoms with van der Waals surface area (Å²) in [7, 11) is 1.98. The molecule has 5 nitrogen and oxygen atoms in total. The summed E-state index contributed by atoms with van der Waals surface area (Å²) < 4.78 is 2.04. The molecule has 0 fully saturated rings. The maximum Gasteiger partial charge on any atom is 0.326 e. The quantitative estimate of drug-likeness (QED) is 0.855. The second kappa shape index (κ2) is 6.43. The highest BCUT2D eigenvalue weighted by atomic mass is 16.4. The zero-order chi connectivity index (χ0) is 15.4. The minimum absolute atomic E-state index is 0.225. The molecule has 2 rings (SSSR count). The molecule has 1 heterocycles. The lowest BCUT2D eigenvalue weighted by Crippen LogP contribution is -2.40. The number of carbonyl (C=O) groups is 2. The number of rotatable bonds is 6.